The molecule has 0 unspecified atom stereocenters. The topological polar surface area (TPSA) is 111 Å². The second-order valence-electron chi connectivity index (χ2n) is 8.60. The van der Waals surface area contributed by atoms with Gasteiger partial charge < -0.3 is 19.5 Å². The van der Waals surface area contributed by atoms with E-state index in [-0.39, 0.29) is 17.3 Å². The van der Waals surface area contributed by atoms with Crippen LogP contribution in [0.5, 0.6) is 0 Å². The van der Waals surface area contributed by atoms with Gasteiger partial charge in [-0.3, -0.25) is 14.0 Å². The minimum absolute atomic E-state index is 0.0000860. The molecule has 1 atom stereocenters. The molecular formula is C20H25FN4O5S. The van der Waals surface area contributed by atoms with Crippen LogP contribution in [0.25, 0.3) is 0 Å². The highest BCUT2D eigenvalue weighted by molar-refractivity contribution is 8.25. The molecule has 2 aromatic rings. The lowest BCUT2D eigenvalue weighted by Crippen LogP contribution is -2.52. The molecule has 0 bridgehead atoms. The van der Waals surface area contributed by atoms with Crippen molar-refractivity contribution in [1.29, 1.82) is 0 Å². The molecule has 1 aromatic carbocycles. The van der Waals surface area contributed by atoms with Gasteiger partial charge in [0.05, 0.1) is 24.5 Å². The summed E-state index contributed by atoms with van der Waals surface area (Å²) in [6.07, 6.45) is 2.19. The number of benzene rings is 1. The Morgan fingerprint density at radius 1 is 1.26 bits per heavy atom. The van der Waals surface area contributed by atoms with Gasteiger partial charge in [-0.2, -0.15) is 10.6 Å². The van der Waals surface area contributed by atoms with Gasteiger partial charge in [-0.1, -0.05) is 5.16 Å². The quantitative estimate of drug-likeness (QED) is 0.631. The van der Waals surface area contributed by atoms with Crippen LogP contribution >= 0.6 is 10.6 Å². The first kappa shape index (κ1) is 20.4. The molecule has 31 heavy (non-hydrogen) atoms. The molecule has 4 heterocycles. The summed E-state index contributed by atoms with van der Waals surface area (Å²) >= 11 is 0. The molecule has 3 aliphatic heterocycles. The van der Waals surface area contributed by atoms with Gasteiger partial charge in [0.1, 0.15) is 18.2 Å². The van der Waals surface area contributed by atoms with Gasteiger partial charge in [0, 0.05) is 36.1 Å². The van der Waals surface area contributed by atoms with E-state index < -0.39 is 16.7 Å². The number of nitrogens with zero attached hydrogens (tertiary/aromatic N) is 3. The zero-order chi connectivity index (χ0) is 21.6. The molecule has 0 saturated carbocycles. The minimum atomic E-state index is -2.38. The predicted octanol–water partition coefficient (Wildman–Crippen LogP) is 3.60. The normalized spacial score (nSPS) is 25.3. The number of anilines is 3. The maximum atomic E-state index is 14.9. The van der Waals surface area contributed by atoms with E-state index >= 15 is 0 Å². The number of piperidine rings is 1. The summed E-state index contributed by atoms with van der Waals surface area (Å²) in [5, 5.41) is 6.77. The molecule has 11 heteroatoms. The van der Waals surface area contributed by atoms with E-state index in [1.54, 1.807) is 18.2 Å². The van der Waals surface area contributed by atoms with Crippen molar-refractivity contribution in [1.82, 2.24) is 5.16 Å². The molecule has 3 N–H and O–H groups in total. The van der Waals surface area contributed by atoms with Gasteiger partial charge in [-0.15, -0.1) is 0 Å². The first-order chi connectivity index (χ1) is 14.8. The smallest absolute Gasteiger partial charge is 0.414 e. The summed E-state index contributed by atoms with van der Waals surface area (Å²) in [7, 11) is -2.38. The van der Waals surface area contributed by atoms with Crippen molar-refractivity contribution < 1.29 is 27.6 Å². The molecule has 168 valence electrons. The van der Waals surface area contributed by atoms with Gasteiger partial charge in [0.25, 0.3) is 0 Å². The predicted molar refractivity (Wildman–Crippen MR) is 115 cm³/mol. The summed E-state index contributed by atoms with van der Waals surface area (Å²) in [5.74, 6) is 1.11. The van der Waals surface area contributed by atoms with E-state index in [1.807, 2.05) is 4.90 Å². The lowest BCUT2D eigenvalue weighted by atomic mass is 9.81. The molecule has 1 spiro atoms. The van der Waals surface area contributed by atoms with Crippen LogP contribution in [0.3, 0.4) is 0 Å². The fourth-order valence-corrected chi connectivity index (χ4v) is 7.18. The van der Waals surface area contributed by atoms with Crippen molar-refractivity contribution in [3.63, 3.8) is 0 Å². The zero-order valence-electron chi connectivity index (χ0n) is 16.9. The van der Waals surface area contributed by atoms with E-state index in [4.69, 9.17) is 9.26 Å². The van der Waals surface area contributed by atoms with Gasteiger partial charge >= 0.3 is 6.09 Å². The summed E-state index contributed by atoms with van der Waals surface area (Å²) < 4.78 is 44.5. The average molecular weight is 453 g/mol. The number of nitrogens with one attached hydrogen (secondary N) is 1. The Balaban J connectivity index is 1.20. The first-order valence-electron chi connectivity index (χ1n) is 10.2. The minimum Gasteiger partial charge on any atom is -0.442 e. The number of carbonyl (C=O) groups is 1. The molecule has 3 fully saturated rings. The maximum Gasteiger partial charge on any atom is 0.414 e. The molecule has 0 aliphatic carbocycles. The molecule has 5 rings (SSSR count). The molecule has 1 aromatic heterocycles. The third kappa shape index (κ3) is 4.04. The third-order valence-electron chi connectivity index (χ3n) is 6.31. The number of ether oxygens (including phenoxy) is 1. The van der Waals surface area contributed by atoms with Crippen molar-refractivity contribution in [2.45, 2.75) is 18.9 Å². The number of rotatable bonds is 5. The SMILES string of the molecule is O=C1O[C@@H](CNc2ccon2)CN1c1ccc(N2CCC3(CC2)CS(O)(O)C3)c(F)c1. The highest BCUT2D eigenvalue weighted by atomic mass is 32.3. The highest BCUT2D eigenvalue weighted by Crippen LogP contribution is 2.62. The lowest BCUT2D eigenvalue weighted by Gasteiger charge is -2.58. The van der Waals surface area contributed by atoms with E-state index in [0.717, 1.165) is 12.8 Å². The van der Waals surface area contributed by atoms with Crippen LogP contribution in [0.2, 0.25) is 0 Å². The Hall–Kier alpha value is -2.50. The number of cyclic esters (lactones) is 1. The standard InChI is InChI=1S/C20H25FN4O5S/c21-16-9-14(25-11-15(30-19(25)26)10-22-18-3-8-29-23-18)1-2-17(16)24-6-4-20(5-7-24)12-31(27,28)13-20/h1-3,8-9,15,27-28H,4-7,10-13H2,(H,22,23)/t15-/m0/s1. The second kappa shape index (κ2) is 7.57. The van der Waals surface area contributed by atoms with E-state index in [9.17, 15) is 18.3 Å². The highest BCUT2D eigenvalue weighted by Gasteiger charge is 2.49. The van der Waals surface area contributed by atoms with Gasteiger partial charge in [-0.25, -0.2) is 9.18 Å². The number of halogens is 1. The van der Waals surface area contributed by atoms with Gasteiger partial charge in [-0.05, 0) is 31.0 Å². The van der Waals surface area contributed by atoms with Gasteiger partial charge in [0.15, 0.2) is 5.82 Å². The largest absolute Gasteiger partial charge is 0.442 e. The molecule has 0 radical (unpaired) electrons. The van der Waals surface area contributed by atoms with Crippen LogP contribution in [-0.2, 0) is 4.74 Å². The molecule has 3 saturated heterocycles. The number of amides is 1. The maximum absolute atomic E-state index is 14.9. The Morgan fingerprint density at radius 3 is 2.68 bits per heavy atom. The summed E-state index contributed by atoms with van der Waals surface area (Å²) in [6, 6.07) is 6.47. The molecule has 3 aliphatic rings. The third-order valence-corrected chi connectivity index (χ3v) is 8.45. The van der Waals surface area contributed by atoms with Gasteiger partial charge in [0.2, 0.25) is 0 Å². The molecular weight excluding hydrogens is 427 g/mol. The Bertz CT molecular complexity index is 954. The van der Waals surface area contributed by atoms with Crippen LogP contribution < -0.4 is 15.1 Å². The zero-order valence-corrected chi connectivity index (χ0v) is 17.7. The van der Waals surface area contributed by atoms with Crippen molar-refractivity contribution in [3.8, 4) is 0 Å². The fourth-order valence-electron chi connectivity index (χ4n) is 4.73. The van der Waals surface area contributed by atoms with Crippen molar-refractivity contribution in [2.24, 2.45) is 5.41 Å². The average Bonchev–Trinajstić information content (AvgIpc) is 3.35. The fraction of sp³-hybridized carbons (Fsp3) is 0.500. The van der Waals surface area contributed by atoms with Crippen molar-refractivity contribution in [2.75, 3.05) is 52.8 Å². The van der Waals surface area contributed by atoms with Crippen molar-refractivity contribution in [3.05, 3.63) is 36.3 Å². The number of aromatic nitrogens is 1. The van der Waals surface area contributed by atoms with E-state index in [1.165, 1.54) is 17.2 Å². The Morgan fingerprint density at radius 2 is 2.03 bits per heavy atom. The summed E-state index contributed by atoms with van der Waals surface area (Å²) in [6.45, 7) is 2.03. The first-order valence-corrected chi connectivity index (χ1v) is 12.1. The summed E-state index contributed by atoms with van der Waals surface area (Å²) in [4.78, 5) is 15.7. The lowest BCUT2D eigenvalue weighted by molar-refractivity contribution is 0.147. The van der Waals surface area contributed by atoms with Crippen molar-refractivity contribution >= 4 is 33.9 Å². The number of carbonyl (C=O) groups excluding carboxylic acids is 1. The van der Waals surface area contributed by atoms with Crippen LogP contribution in [0.15, 0.2) is 35.1 Å². The Labute approximate surface area is 180 Å². The van der Waals surface area contributed by atoms with Crippen LogP contribution in [-0.4, -0.2) is 64.1 Å². The summed E-state index contributed by atoms with van der Waals surface area (Å²) in [5.41, 5.74) is 0.957. The Kier molecular flexibility index (Phi) is 4.98. The number of hydrogen-bond donors (Lipinski definition) is 3. The number of hydrogen-bond acceptors (Lipinski definition) is 8. The molecule has 9 nitrogen and oxygen atoms in total. The monoisotopic (exact) mass is 452 g/mol. The van der Waals surface area contributed by atoms with Crippen LogP contribution in [0.1, 0.15) is 12.8 Å². The molecule has 1 amide bonds. The van der Waals surface area contributed by atoms with E-state index in [0.29, 0.717) is 54.9 Å². The van der Waals surface area contributed by atoms with Crippen LogP contribution in [0, 0.1) is 11.2 Å². The van der Waals surface area contributed by atoms with Crippen LogP contribution in [0.4, 0.5) is 26.4 Å². The van der Waals surface area contributed by atoms with E-state index in [2.05, 4.69) is 10.5 Å². The second-order valence-corrected chi connectivity index (χ2v) is 10.8.